The topological polar surface area (TPSA) is 43.1 Å². The third-order valence-corrected chi connectivity index (χ3v) is 3.01. The SMILES string of the molecule is CC1C(C=O)CCCC1CN. The molecule has 0 radical (unpaired) electrons. The quantitative estimate of drug-likeness (QED) is 0.609. The van der Waals surface area contributed by atoms with Crippen molar-refractivity contribution in [3.8, 4) is 0 Å². The maximum absolute atomic E-state index is 10.6. The van der Waals surface area contributed by atoms with Gasteiger partial charge in [0.1, 0.15) is 6.29 Å². The molecule has 2 N–H and O–H groups in total. The second kappa shape index (κ2) is 3.86. The van der Waals surface area contributed by atoms with Crippen molar-refractivity contribution in [3.05, 3.63) is 0 Å². The molecule has 0 bridgehead atoms. The van der Waals surface area contributed by atoms with Gasteiger partial charge < -0.3 is 10.5 Å². The van der Waals surface area contributed by atoms with Gasteiger partial charge in [-0.25, -0.2) is 0 Å². The second-order valence-corrected chi connectivity index (χ2v) is 3.59. The van der Waals surface area contributed by atoms with Gasteiger partial charge in [0.25, 0.3) is 0 Å². The van der Waals surface area contributed by atoms with Gasteiger partial charge in [0.15, 0.2) is 0 Å². The molecule has 3 unspecified atom stereocenters. The molecule has 64 valence electrons. The molecule has 1 aliphatic carbocycles. The highest BCUT2D eigenvalue weighted by Gasteiger charge is 2.28. The number of carbonyl (C=O) groups excluding carboxylic acids is 1. The van der Waals surface area contributed by atoms with Gasteiger partial charge in [-0.3, -0.25) is 0 Å². The number of rotatable bonds is 2. The first-order valence-corrected chi connectivity index (χ1v) is 4.45. The van der Waals surface area contributed by atoms with E-state index < -0.39 is 0 Å². The molecule has 0 aliphatic heterocycles. The summed E-state index contributed by atoms with van der Waals surface area (Å²) in [5.41, 5.74) is 5.59. The molecule has 0 heterocycles. The minimum Gasteiger partial charge on any atom is -0.330 e. The minimum absolute atomic E-state index is 0.275. The van der Waals surface area contributed by atoms with Gasteiger partial charge >= 0.3 is 0 Å². The first-order chi connectivity index (χ1) is 5.29. The smallest absolute Gasteiger partial charge is 0.123 e. The molecular formula is C9H17NO. The van der Waals surface area contributed by atoms with Crippen LogP contribution in [0, 0.1) is 17.8 Å². The van der Waals surface area contributed by atoms with Crippen molar-refractivity contribution in [3.63, 3.8) is 0 Å². The zero-order valence-electron chi connectivity index (χ0n) is 7.12. The summed E-state index contributed by atoms with van der Waals surface area (Å²) in [7, 11) is 0. The van der Waals surface area contributed by atoms with E-state index in [9.17, 15) is 4.79 Å². The Morgan fingerprint density at radius 2 is 2.27 bits per heavy atom. The zero-order chi connectivity index (χ0) is 8.27. The lowest BCUT2D eigenvalue weighted by Gasteiger charge is -2.32. The molecule has 1 fully saturated rings. The van der Waals surface area contributed by atoms with Gasteiger partial charge in [-0.05, 0) is 31.2 Å². The van der Waals surface area contributed by atoms with Crippen LogP contribution in [0.3, 0.4) is 0 Å². The summed E-state index contributed by atoms with van der Waals surface area (Å²) in [5.74, 6) is 1.36. The van der Waals surface area contributed by atoms with E-state index in [-0.39, 0.29) is 5.92 Å². The van der Waals surface area contributed by atoms with Crippen LogP contribution < -0.4 is 5.73 Å². The van der Waals surface area contributed by atoms with E-state index in [0.717, 1.165) is 19.3 Å². The van der Waals surface area contributed by atoms with Crippen LogP contribution in [-0.4, -0.2) is 12.8 Å². The van der Waals surface area contributed by atoms with Crippen molar-refractivity contribution < 1.29 is 4.79 Å². The fraction of sp³-hybridized carbons (Fsp3) is 0.889. The molecule has 0 amide bonds. The highest BCUT2D eigenvalue weighted by Crippen LogP contribution is 2.32. The molecule has 0 aromatic heterocycles. The second-order valence-electron chi connectivity index (χ2n) is 3.59. The van der Waals surface area contributed by atoms with Crippen molar-refractivity contribution in [2.24, 2.45) is 23.5 Å². The third kappa shape index (κ3) is 1.80. The molecule has 1 saturated carbocycles. The van der Waals surface area contributed by atoms with E-state index >= 15 is 0 Å². The molecule has 2 nitrogen and oxygen atoms in total. The van der Waals surface area contributed by atoms with Crippen LogP contribution in [0.4, 0.5) is 0 Å². The first-order valence-electron chi connectivity index (χ1n) is 4.45. The van der Waals surface area contributed by atoms with Crippen molar-refractivity contribution in [1.29, 1.82) is 0 Å². The first kappa shape index (κ1) is 8.72. The molecule has 0 aromatic carbocycles. The average Bonchev–Trinajstić information content (AvgIpc) is 2.05. The Balaban J connectivity index is 2.51. The number of aldehydes is 1. The van der Waals surface area contributed by atoms with Gasteiger partial charge in [-0.2, -0.15) is 0 Å². The van der Waals surface area contributed by atoms with Crippen LogP contribution >= 0.6 is 0 Å². The van der Waals surface area contributed by atoms with Gasteiger partial charge in [-0.15, -0.1) is 0 Å². The summed E-state index contributed by atoms with van der Waals surface area (Å²) in [6.07, 6.45) is 4.56. The standard InChI is InChI=1S/C9H17NO/c1-7-8(5-10)3-2-4-9(7)6-11/h6-9H,2-5,10H2,1H3. The van der Waals surface area contributed by atoms with Gasteiger partial charge in [0, 0.05) is 5.92 Å². The highest BCUT2D eigenvalue weighted by atomic mass is 16.1. The van der Waals surface area contributed by atoms with Crippen molar-refractivity contribution in [2.45, 2.75) is 26.2 Å². The molecule has 1 aliphatic rings. The Kier molecular flexibility index (Phi) is 3.06. The van der Waals surface area contributed by atoms with E-state index in [2.05, 4.69) is 6.92 Å². The van der Waals surface area contributed by atoms with Crippen LogP contribution in [0.1, 0.15) is 26.2 Å². The maximum Gasteiger partial charge on any atom is 0.123 e. The predicted molar refractivity (Wildman–Crippen MR) is 45.1 cm³/mol. The Labute approximate surface area is 68.2 Å². The Hall–Kier alpha value is -0.370. The fourth-order valence-electron chi connectivity index (χ4n) is 2.02. The summed E-state index contributed by atoms with van der Waals surface area (Å²) >= 11 is 0. The highest BCUT2D eigenvalue weighted by molar-refractivity contribution is 5.54. The minimum atomic E-state index is 0.275. The monoisotopic (exact) mass is 155 g/mol. The molecule has 3 atom stereocenters. The average molecular weight is 155 g/mol. The lowest BCUT2D eigenvalue weighted by molar-refractivity contribution is -0.114. The Bertz CT molecular complexity index is 136. The van der Waals surface area contributed by atoms with Crippen LogP contribution in [0.5, 0.6) is 0 Å². The number of hydrogen-bond donors (Lipinski definition) is 1. The summed E-state index contributed by atoms with van der Waals surface area (Å²) in [6, 6.07) is 0. The van der Waals surface area contributed by atoms with E-state index in [1.165, 1.54) is 12.8 Å². The molecule has 0 saturated heterocycles. The molecular weight excluding hydrogens is 138 g/mol. The lowest BCUT2D eigenvalue weighted by atomic mass is 9.74. The van der Waals surface area contributed by atoms with Gasteiger partial charge in [-0.1, -0.05) is 13.3 Å². The molecule has 11 heavy (non-hydrogen) atoms. The van der Waals surface area contributed by atoms with Gasteiger partial charge in [0.2, 0.25) is 0 Å². The normalized spacial score (nSPS) is 38.5. The Morgan fingerprint density at radius 1 is 1.55 bits per heavy atom. The van der Waals surface area contributed by atoms with Crippen molar-refractivity contribution in [1.82, 2.24) is 0 Å². The van der Waals surface area contributed by atoms with Crippen molar-refractivity contribution in [2.75, 3.05) is 6.54 Å². The number of carbonyl (C=O) groups is 1. The molecule has 0 aromatic rings. The zero-order valence-corrected chi connectivity index (χ0v) is 7.12. The van der Waals surface area contributed by atoms with E-state index in [1.807, 2.05) is 0 Å². The maximum atomic E-state index is 10.6. The summed E-state index contributed by atoms with van der Waals surface area (Å²) in [6.45, 7) is 2.89. The van der Waals surface area contributed by atoms with Crippen LogP contribution in [-0.2, 0) is 4.79 Å². The number of nitrogens with two attached hydrogens (primary N) is 1. The van der Waals surface area contributed by atoms with E-state index in [1.54, 1.807) is 0 Å². The lowest BCUT2D eigenvalue weighted by Crippen LogP contribution is -2.31. The molecule has 2 heteroatoms. The summed E-state index contributed by atoms with van der Waals surface area (Å²) < 4.78 is 0. The van der Waals surface area contributed by atoms with E-state index in [4.69, 9.17) is 5.73 Å². The van der Waals surface area contributed by atoms with E-state index in [0.29, 0.717) is 11.8 Å². The summed E-state index contributed by atoms with van der Waals surface area (Å²) in [5, 5.41) is 0. The third-order valence-electron chi connectivity index (χ3n) is 3.01. The van der Waals surface area contributed by atoms with Crippen molar-refractivity contribution >= 4 is 6.29 Å². The molecule has 1 rings (SSSR count). The number of hydrogen-bond acceptors (Lipinski definition) is 2. The Morgan fingerprint density at radius 3 is 2.82 bits per heavy atom. The largest absolute Gasteiger partial charge is 0.330 e. The summed E-state index contributed by atoms with van der Waals surface area (Å²) in [4.78, 5) is 10.6. The van der Waals surface area contributed by atoms with Gasteiger partial charge in [0.05, 0.1) is 0 Å². The van der Waals surface area contributed by atoms with Crippen LogP contribution in [0.15, 0.2) is 0 Å². The molecule has 0 spiro atoms. The predicted octanol–water partition coefficient (Wildman–Crippen LogP) is 1.20. The van der Waals surface area contributed by atoms with Crippen LogP contribution in [0.25, 0.3) is 0 Å². The van der Waals surface area contributed by atoms with Crippen LogP contribution in [0.2, 0.25) is 0 Å². The fourth-order valence-corrected chi connectivity index (χ4v) is 2.02.